The highest BCUT2D eigenvalue weighted by atomic mass is 79.9. The first-order valence-electron chi connectivity index (χ1n) is 6.82. The van der Waals surface area contributed by atoms with Gasteiger partial charge >= 0.3 is 0 Å². The van der Waals surface area contributed by atoms with Crippen LogP contribution in [-0.2, 0) is 19.5 Å². The Bertz CT molecular complexity index is 539. The molecule has 0 amide bonds. The number of aliphatic hydroxyl groups excluding tert-OH is 1. The van der Waals surface area contributed by atoms with Gasteiger partial charge in [-0.3, -0.25) is 4.68 Å². The third kappa shape index (κ3) is 3.49. The summed E-state index contributed by atoms with van der Waals surface area (Å²) < 4.78 is 3.09. The molecule has 0 saturated carbocycles. The maximum atomic E-state index is 10.0. The number of nitrogens with zero attached hydrogens (tertiary/aromatic N) is 2. The summed E-state index contributed by atoms with van der Waals surface area (Å²) in [6, 6.07) is 1.96. The average Bonchev–Trinajstić information content (AvgIpc) is 3.08. The van der Waals surface area contributed by atoms with Crippen LogP contribution in [-0.4, -0.2) is 21.4 Å². The average molecular weight is 358 g/mol. The maximum absolute atomic E-state index is 10.0. The number of thiophene rings is 1. The molecule has 2 N–H and O–H groups in total. The van der Waals surface area contributed by atoms with Gasteiger partial charge in [-0.2, -0.15) is 16.4 Å². The molecule has 0 aliphatic rings. The Morgan fingerprint density at radius 2 is 2.30 bits per heavy atom. The van der Waals surface area contributed by atoms with E-state index in [2.05, 4.69) is 40.2 Å². The van der Waals surface area contributed by atoms with Crippen molar-refractivity contribution in [3.05, 3.63) is 38.3 Å². The smallest absolute Gasteiger partial charge is 0.0922 e. The molecule has 2 rings (SSSR count). The van der Waals surface area contributed by atoms with Crippen molar-refractivity contribution in [1.29, 1.82) is 0 Å². The molecule has 2 heterocycles. The molecule has 0 aliphatic carbocycles. The van der Waals surface area contributed by atoms with E-state index in [0.717, 1.165) is 34.4 Å². The van der Waals surface area contributed by atoms with Crippen LogP contribution in [0.3, 0.4) is 0 Å². The monoisotopic (exact) mass is 357 g/mol. The highest BCUT2D eigenvalue weighted by Gasteiger charge is 2.14. The van der Waals surface area contributed by atoms with Crippen LogP contribution in [0, 0.1) is 0 Å². The van der Waals surface area contributed by atoms with Gasteiger partial charge in [0.1, 0.15) is 0 Å². The van der Waals surface area contributed by atoms with E-state index >= 15 is 0 Å². The Labute approximate surface area is 132 Å². The molecule has 2 aromatic heterocycles. The van der Waals surface area contributed by atoms with Crippen LogP contribution in [0.2, 0.25) is 0 Å². The number of hydrogen-bond acceptors (Lipinski definition) is 4. The predicted molar refractivity (Wildman–Crippen MR) is 86.0 cm³/mol. The molecule has 0 bridgehead atoms. The van der Waals surface area contributed by atoms with E-state index in [1.807, 2.05) is 21.5 Å². The highest BCUT2D eigenvalue weighted by molar-refractivity contribution is 9.10. The lowest BCUT2D eigenvalue weighted by molar-refractivity contribution is 0.174. The van der Waals surface area contributed by atoms with Crippen molar-refractivity contribution < 1.29 is 5.11 Å². The number of rotatable bonds is 7. The molecule has 1 unspecified atom stereocenters. The largest absolute Gasteiger partial charge is 0.387 e. The molecular formula is C14H20BrN3OS. The molecule has 0 aliphatic heterocycles. The van der Waals surface area contributed by atoms with Crippen molar-refractivity contribution in [2.75, 3.05) is 6.54 Å². The van der Waals surface area contributed by atoms with Crippen molar-refractivity contribution in [3.63, 3.8) is 0 Å². The van der Waals surface area contributed by atoms with Crippen LogP contribution < -0.4 is 5.32 Å². The van der Waals surface area contributed by atoms with Crippen molar-refractivity contribution in [1.82, 2.24) is 15.1 Å². The molecule has 0 saturated heterocycles. The van der Waals surface area contributed by atoms with E-state index in [-0.39, 0.29) is 0 Å². The molecule has 2 aromatic rings. The Morgan fingerprint density at radius 1 is 1.50 bits per heavy atom. The summed E-state index contributed by atoms with van der Waals surface area (Å²) in [7, 11) is 0. The van der Waals surface area contributed by atoms with E-state index in [1.54, 1.807) is 11.3 Å². The number of hydrogen-bond donors (Lipinski definition) is 2. The number of halogens is 1. The van der Waals surface area contributed by atoms with Crippen molar-refractivity contribution in [3.8, 4) is 0 Å². The summed E-state index contributed by atoms with van der Waals surface area (Å²) in [4.78, 5) is 0. The van der Waals surface area contributed by atoms with Gasteiger partial charge in [0, 0.05) is 19.6 Å². The SMILES string of the molecule is CCc1nn(CC)c(CNCC(O)c2ccsc2)c1Br. The quantitative estimate of drug-likeness (QED) is 0.800. The second-order valence-corrected chi connectivity index (χ2v) is 6.15. The van der Waals surface area contributed by atoms with Crippen LogP contribution in [0.1, 0.15) is 36.9 Å². The summed E-state index contributed by atoms with van der Waals surface area (Å²) in [5.74, 6) is 0. The minimum absolute atomic E-state index is 0.455. The van der Waals surface area contributed by atoms with Gasteiger partial charge in [0.25, 0.3) is 0 Å². The first kappa shape index (κ1) is 15.7. The minimum atomic E-state index is -0.455. The highest BCUT2D eigenvalue weighted by Crippen LogP contribution is 2.22. The first-order valence-corrected chi connectivity index (χ1v) is 8.55. The minimum Gasteiger partial charge on any atom is -0.387 e. The lowest BCUT2D eigenvalue weighted by Gasteiger charge is -2.11. The molecular weight excluding hydrogens is 338 g/mol. The van der Waals surface area contributed by atoms with Crippen LogP contribution >= 0.6 is 27.3 Å². The molecule has 0 fully saturated rings. The van der Waals surface area contributed by atoms with Gasteiger partial charge < -0.3 is 10.4 Å². The van der Waals surface area contributed by atoms with Crippen LogP contribution in [0.5, 0.6) is 0 Å². The number of aryl methyl sites for hydroxylation is 2. The van der Waals surface area contributed by atoms with E-state index < -0.39 is 6.10 Å². The second kappa shape index (κ2) is 7.36. The normalized spacial score (nSPS) is 12.8. The fourth-order valence-corrected chi connectivity index (χ4v) is 3.51. The lowest BCUT2D eigenvalue weighted by Crippen LogP contribution is -2.22. The van der Waals surface area contributed by atoms with Crippen LogP contribution in [0.25, 0.3) is 0 Å². The standard InChI is InChI=1S/C14H20BrN3OS/c1-3-11-14(15)12(18(4-2)17-11)7-16-8-13(19)10-5-6-20-9-10/h5-6,9,13,16,19H,3-4,7-8H2,1-2H3. The Hall–Kier alpha value is -0.690. The predicted octanol–water partition coefficient (Wildman–Crippen LogP) is 3.11. The van der Waals surface area contributed by atoms with E-state index in [0.29, 0.717) is 13.1 Å². The van der Waals surface area contributed by atoms with Crippen LogP contribution in [0.15, 0.2) is 21.3 Å². The number of aromatic nitrogens is 2. The zero-order valence-electron chi connectivity index (χ0n) is 11.8. The zero-order chi connectivity index (χ0) is 14.5. The van der Waals surface area contributed by atoms with Gasteiger partial charge in [-0.15, -0.1) is 0 Å². The maximum Gasteiger partial charge on any atom is 0.0922 e. The number of aliphatic hydroxyl groups is 1. The lowest BCUT2D eigenvalue weighted by atomic mass is 10.2. The van der Waals surface area contributed by atoms with E-state index in [4.69, 9.17) is 0 Å². The molecule has 110 valence electrons. The van der Waals surface area contributed by atoms with E-state index in [1.165, 1.54) is 0 Å². The van der Waals surface area contributed by atoms with Crippen LogP contribution in [0.4, 0.5) is 0 Å². The van der Waals surface area contributed by atoms with Gasteiger partial charge in [-0.05, 0) is 51.7 Å². The third-order valence-corrected chi connectivity index (χ3v) is 4.87. The van der Waals surface area contributed by atoms with Crippen molar-refractivity contribution in [2.45, 2.75) is 39.5 Å². The molecule has 0 spiro atoms. The fourth-order valence-electron chi connectivity index (χ4n) is 2.10. The van der Waals surface area contributed by atoms with Gasteiger partial charge in [0.05, 0.1) is 22.0 Å². The third-order valence-electron chi connectivity index (χ3n) is 3.25. The second-order valence-electron chi connectivity index (χ2n) is 4.58. The van der Waals surface area contributed by atoms with Gasteiger partial charge in [-0.25, -0.2) is 0 Å². The van der Waals surface area contributed by atoms with Crippen molar-refractivity contribution >= 4 is 27.3 Å². The molecule has 4 nitrogen and oxygen atoms in total. The van der Waals surface area contributed by atoms with Gasteiger partial charge in [-0.1, -0.05) is 6.92 Å². The molecule has 1 atom stereocenters. The molecule has 0 radical (unpaired) electrons. The Morgan fingerprint density at radius 3 is 2.90 bits per heavy atom. The molecule has 6 heteroatoms. The summed E-state index contributed by atoms with van der Waals surface area (Å²) in [5.41, 5.74) is 3.20. The molecule has 20 heavy (non-hydrogen) atoms. The summed E-state index contributed by atoms with van der Waals surface area (Å²) >= 11 is 5.23. The topological polar surface area (TPSA) is 50.1 Å². The summed E-state index contributed by atoms with van der Waals surface area (Å²) in [6.07, 6.45) is 0.460. The van der Waals surface area contributed by atoms with Gasteiger partial charge in [0.15, 0.2) is 0 Å². The summed E-state index contributed by atoms with van der Waals surface area (Å²) in [6.45, 7) is 6.28. The Balaban J connectivity index is 1.95. The van der Waals surface area contributed by atoms with E-state index in [9.17, 15) is 5.11 Å². The molecule has 0 aromatic carbocycles. The first-order chi connectivity index (χ1) is 9.67. The number of nitrogens with one attached hydrogen (secondary N) is 1. The Kier molecular flexibility index (Phi) is 5.77. The zero-order valence-corrected chi connectivity index (χ0v) is 14.2. The van der Waals surface area contributed by atoms with Gasteiger partial charge in [0.2, 0.25) is 0 Å². The van der Waals surface area contributed by atoms with Crippen molar-refractivity contribution in [2.24, 2.45) is 0 Å². The fraction of sp³-hybridized carbons (Fsp3) is 0.500. The summed E-state index contributed by atoms with van der Waals surface area (Å²) in [5, 5.41) is 21.9.